The van der Waals surface area contributed by atoms with Crippen LogP contribution in [-0.2, 0) is 14.3 Å². The van der Waals surface area contributed by atoms with Gasteiger partial charge in [0.25, 0.3) is 5.91 Å². The molecule has 1 N–H and O–H groups in total. The highest BCUT2D eigenvalue weighted by molar-refractivity contribution is 7.19. The lowest BCUT2D eigenvalue weighted by atomic mass is 10.3. The van der Waals surface area contributed by atoms with Crippen molar-refractivity contribution >= 4 is 68.5 Å². The third-order valence-electron chi connectivity index (χ3n) is 3.48. The summed E-state index contributed by atoms with van der Waals surface area (Å²) in [6, 6.07) is 7.66. The Hall–Kier alpha value is -2.48. The number of esters is 1. The zero-order chi connectivity index (χ0) is 19.4. The van der Waals surface area contributed by atoms with Crippen LogP contribution in [0.3, 0.4) is 0 Å². The molecule has 9 heteroatoms. The Balaban J connectivity index is 1.54. The third kappa shape index (κ3) is 4.82. The molecule has 2 heterocycles. The maximum Gasteiger partial charge on any atom is 0.331 e. The molecular weight excluding hydrogens is 409 g/mol. The molecule has 27 heavy (non-hydrogen) atoms. The van der Waals surface area contributed by atoms with E-state index in [1.807, 2.05) is 24.3 Å². The van der Waals surface area contributed by atoms with Gasteiger partial charge in [0.2, 0.25) is 0 Å². The zero-order valence-electron chi connectivity index (χ0n) is 14.0. The molecule has 2 aromatic heterocycles. The summed E-state index contributed by atoms with van der Waals surface area (Å²) in [5.41, 5.74) is 1.46. The Labute approximate surface area is 168 Å². The number of anilines is 1. The molecule has 6 nitrogen and oxygen atoms in total. The van der Waals surface area contributed by atoms with Crippen LogP contribution in [0.4, 0.5) is 5.82 Å². The molecule has 0 bridgehead atoms. The first-order valence-electron chi connectivity index (χ1n) is 7.75. The van der Waals surface area contributed by atoms with Crippen LogP contribution in [0.25, 0.3) is 16.3 Å². The SMILES string of the molecule is Cc1c(Cl)cnc(NC(=O)COC(=O)/C=C/c2nc3ccccc3s2)c1Cl. The van der Waals surface area contributed by atoms with Crippen LogP contribution >= 0.6 is 34.5 Å². The number of pyridine rings is 1. The molecule has 0 radical (unpaired) electrons. The van der Waals surface area contributed by atoms with Crippen LogP contribution in [0, 0.1) is 6.92 Å². The minimum atomic E-state index is -0.657. The quantitative estimate of drug-likeness (QED) is 0.484. The number of halogens is 2. The fraction of sp³-hybridized carbons (Fsp3) is 0.111. The number of carbonyl (C=O) groups excluding carboxylic acids is 2. The Morgan fingerprint density at radius 3 is 2.85 bits per heavy atom. The second-order valence-electron chi connectivity index (χ2n) is 5.40. The largest absolute Gasteiger partial charge is 0.452 e. The molecule has 0 saturated carbocycles. The van der Waals surface area contributed by atoms with Crippen LogP contribution in [0.2, 0.25) is 10.0 Å². The number of ether oxygens (including phenoxy) is 1. The Morgan fingerprint density at radius 2 is 2.07 bits per heavy atom. The number of hydrogen-bond acceptors (Lipinski definition) is 6. The van der Waals surface area contributed by atoms with Gasteiger partial charge < -0.3 is 10.1 Å². The fourth-order valence-corrected chi connectivity index (χ4v) is 3.36. The minimum Gasteiger partial charge on any atom is -0.452 e. The van der Waals surface area contributed by atoms with E-state index < -0.39 is 18.5 Å². The van der Waals surface area contributed by atoms with Crippen molar-refractivity contribution in [3.05, 3.63) is 57.2 Å². The first-order valence-corrected chi connectivity index (χ1v) is 9.32. The standard InChI is InChI=1S/C18H13Cl2N3O3S/c1-10-11(19)8-21-18(17(10)20)23-14(24)9-26-16(25)7-6-15-22-12-4-2-3-5-13(12)27-15/h2-8H,9H2,1H3,(H,21,23,24)/b7-6+. The Kier molecular flexibility index (Phi) is 6.05. The van der Waals surface area contributed by atoms with Gasteiger partial charge >= 0.3 is 5.97 Å². The number of hydrogen-bond donors (Lipinski definition) is 1. The zero-order valence-corrected chi connectivity index (χ0v) is 16.4. The Morgan fingerprint density at radius 1 is 1.30 bits per heavy atom. The highest BCUT2D eigenvalue weighted by atomic mass is 35.5. The van der Waals surface area contributed by atoms with Gasteiger partial charge in [-0.3, -0.25) is 4.79 Å². The first-order chi connectivity index (χ1) is 12.9. The maximum atomic E-state index is 11.9. The van der Waals surface area contributed by atoms with Crippen molar-refractivity contribution in [3.8, 4) is 0 Å². The van der Waals surface area contributed by atoms with Gasteiger partial charge in [-0.1, -0.05) is 35.3 Å². The summed E-state index contributed by atoms with van der Waals surface area (Å²) in [7, 11) is 0. The minimum absolute atomic E-state index is 0.157. The predicted octanol–water partition coefficient (Wildman–Crippen LogP) is 4.50. The number of benzene rings is 1. The summed E-state index contributed by atoms with van der Waals surface area (Å²) in [5.74, 6) is -1.06. The number of nitrogens with zero attached hydrogens (tertiary/aromatic N) is 2. The van der Waals surface area contributed by atoms with Crippen LogP contribution in [-0.4, -0.2) is 28.5 Å². The number of rotatable bonds is 5. The number of thiazole rings is 1. The van der Waals surface area contributed by atoms with Crippen molar-refractivity contribution in [2.75, 3.05) is 11.9 Å². The predicted molar refractivity (Wildman–Crippen MR) is 107 cm³/mol. The van der Waals surface area contributed by atoms with Crippen LogP contribution in [0.5, 0.6) is 0 Å². The molecule has 3 aromatic rings. The van der Waals surface area contributed by atoms with Crippen molar-refractivity contribution in [1.29, 1.82) is 0 Å². The number of amides is 1. The molecule has 0 aliphatic carbocycles. The summed E-state index contributed by atoms with van der Waals surface area (Å²) >= 11 is 13.4. The smallest absolute Gasteiger partial charge is 0.331 e. The van der Waals surface area contributed by atoms with E-state index in [1.165, 1.54) is 23.6 Å². The van der Waals surface area contributed by atoms with Gasteiger partial charge in [-0.05, 0) is 30.7 Å². The molecule has 0 aliphatic rings. The van der Waals surface area contributed by atoms with Gasteiger partial charge in [-0.25, -0.2) is 14.8 Å². The number of nitrogens with one attached hydrogen (secondary N) is 1. The van der Waals surface area contributed by atoms with E-state index >= 15 is 0 Å². The molecule has 0 saturated heterocycles. The molecule has 0 unspecified atom stereocenters. The summed E-state index contributed by atoms with van der Waals surface area (Å²) in [6.45, 7) is 1.23. The topological polar surface area (TPSA) is 81.2 Å². The molecule has 3 rings (SSSR count). The second kappa shape index (κ2) is 8.47. The first kappa shape index (κ1) is 19.3. The van der Waals surface area contributed by atoms with Crippen molar-refractivity contribution in [2.45, 2.75) is 6.92 Å². The highest BCUT2D eigenvalue weighted by Gasteiger charge is 2.12. The highest BCUT2D eigenvalue weighted by Crippen LogP contribution is 2.28. The van der Waals surface area contributed by atoms with Crippen LogP contribution in [0.1, 0.15) is 10.6 Å². The molecular formula is C18H13Cl2N3O3S. The van der Waals surface area contributed by atoms with E-state index in [0.717, 1.165) is 10.2 Å². The summed E-state index contributed by atoms with van der Waals surface area (Å²) in [4.78, 5) is 32.0. The van der Waals surface area contributed by atoms with E-state index in [1.54, 1.807) is 13.0 Å². The van der Waals surface area contributed by atoms with Crippen LogP contribution < -0.4 is 5.32 Å². The summed E-state index contributed by atoms with van der Waals surface area (Å²) < 4.78 is 5.93. The molecule has 1 amide bonds. The van der Waals surface area contributed by atoms with Gasteiger partial charge in [0.1, 0.15) is 5.01 Å². The molecule has 0 fully saturated rings. The summed E-state index contributed by atoms with van der Waals surface area (Å²) in [5, 5.41) is 3.77. The monoisotopic (exact) mass is 421 g/mol. The number of fused-ring (bicyclic) bond motifs is 1. The van der Waals surface area contributed by atoms with Gasteiger partial charge in [-0.15, -0.1) is 11.3 Å². The van der Waals surface area contributed by atoms with E-state index in [4.69, 9.17) is 27.9 Å². The van der Waals surface area contributed by atoms with Crippen molar-refractivity contribution in [2.24, 2.45) is 0 Å². The van der Waals surface area contributed by atoms with Crippen molar-refractivity contribution in [1.82, 2.24) is 9.97 Å². The summed E-state index contributed by atoms with van der Waals surface area (Å²) in [6.07, 6.45) is 4.15. The van der Waals surface area contributed by atoms with Crippen molar-refractivity contribution < 1.29 is 14.3 Å². The van der Waals surface area contributed by atoms with Crippen molar-refractivity contribution in [3.63, 3.8) is 0 Å². The van der Waals surface area contributed by atoms with E-state index in [0.29, 0.717) is 15.6 Å². The lowest BCUT2D eigenvalue weighted by Gasteiger charge is -2.08. The average Bonchev–Trinajstić information content (AvgIpc) is 3.08. The molecule has 1 aromatic carbocycles. The van der Waals surface area contributed by atoms with E-state index in [2.05, 4.69) is 15.3 Å². The van der Waals surface area contributed by atoms with Gasteiger partial charge in [0, 0.05) is 12.3 Å². The fourth-order valence-electron chi connectivity index (χ4n) is 2.10. The Bertz CT molecular complexity index is 1020. The van der Waals surface area contributed by atoms with E-state index in [9.17, 15) is 9.59 Å². The number of para-hydroxylation sites is 1. The molecule has 0 spiro atoms. The molecule has 0 atom stereocenters. The second-order valence-corrected chi connectivity index (χ2v) is 7.25. The van der Waals surface area contributed by atoms with Gasteiger partial charge in [-0.2, -0.15) is 0 Å². The number of aromatic nitrogens is 2. The number of carbonyl (C=O) groups is 2. The lowest BCUT2D eigenvalue weighted by molar-refractivity contribution is -0.142. The van der Waals surface area contributed by atoms with Gasteiger partial charge in [0.15, 0.2) is 12.4 Å². The van der Waals surface area contributed by atoms with Crippen LogP contribution in [0.15, 0.2) is 36.5 Å². The maximum absolute atomic E-state index is 11.9. The average molecular weight is 422 g/mol. The van der Waals surface area contributed by atoms with E-state index in [-0.39, 0.29) is 10.8 Å². The molecule has 0 aliphatic heterocycles. The molecule has 138 valence electrons. The third-order valence-corrected chi connectivity index (χ3v) is 5.32. The normalized spacial score (nSPS) is 11.1. The lowest BCUT2D eigenvalue weighted by Crippen LogP contribution is -2.21. The van der Waals surface area contributed by atoms with Gasteiger partial charge in [0.05, 0.1) is 20.3 Å².